The second kappa shape index (κ2) is 9.40. The van der Waals surface area contributed by atoms with Gasteiger partial charge in [-0.05, 0) is 63.9 Å². The summed E-state index contributed by atoms with van der Waals surface area (Å²) in [5.41, 5.74) is 5.82. The molecule has 5 heteroatoms. The van der Waals surface area contributed by atoms with Crippen LogP contribution in [0.5, 0.6) is 5.75 Å². The molecule has 1 heterocycles. The Hall–Kier alpha value is -3.11. The summed E-state index contributed by atoms with van der Waals surface area (Å²) >= 11 is 5.77. The highest BCUT2D eigenvalue weighted by atomic mass is 35.5. The van der Waals surface area contributed by atoms with Crippen molar-refractivity contribution in [3.05, 3.63) is 94.0 Å². The third-order valence-corrected chi connectivity index (χ3v) is 6.40. The van der Waals surface area contributed by atoms with Crippen LogP contribution in [0.3, 0.4) is 0 Å². The molecule has 4 rings (SSSR count). The molecule has 4 nitrogen and oxygen atoms in total. The lowest BCUT2D eigenvalue weighted by molar-refractivity contribution is -0.116. The maximum Gasteiger partial charge on any atom is 0.252 e. The number of ether oxygens (including phenoxy) is 1. The van der Waals surface area contributed by atoms with Crippen LogP contribution in [0.2, 0.25) is 0 Å². The predicted molar refractivity (Wildman–Crippen MR) is 132 cm³/mol. The molecule has 3 aromatic rings. The fraction of sp³-hybridized carbons (Fsp3) is 0.286. The second-order valence-electron chi connectivity index (χ2n) is 9.06. The van der Waals surface area contributed by atoms with Gasteiger partial charge in [0.2, 0.25) is 5.91 Å². The van der Waals surface area contributed by atoms with Gasteiger partial charge in [-0.15, -0.1) is 0 Å². The standard InChI is InChI=1S/C28H28ClNO3/c1-16(2)20-10-7-11-21(17(3)4)26(20)30-28(32)25-22-9-6-5-8-19(22)15-33-24-13-12-18(27(29)31)14-23(24)25/h5-14,16-17,25H,15H2,1-4H3,(H,30,32). The summed E-state index contributed by atoms with van der Waals surface area (Å²) in [6, 6.07) is 19.0. The SMILES string of the molecule is CC(C)c1cccc(C(C)C)c1NC(=O)C1c2ccccc2COc2ccc(C(=O)Cl)cc21. The number of fused-ring (bicyclic) bond motifs is 2. The topological polar surface area (TPSA) is 55.4 Å². The first-order valence-corrected chi connectivity index (χ1v) is 11.6. The molecule has 0 saturated heterocycles. The monoisotopic (exact) mass is 461 g/mol. The minimum atomic E-state index is -0.644. The summed E-state index contributed by atoms with van der Waals surface area (Å²) in [5, 5.41) is 2.69. The van der Waals surface area contributed by atoms with Crippen LogP contribution < -0.4 is 10.1 Å². The van der Waals surface area contributed by atoms with E-state index in [1.54, 1.807) is 18.2 Å². The quantitative estimate of drug-likeness (QED) is 0.417. The van der Waals surface area contributed by atoms with Gasteiger partial charge >= 0.3 is 0 Å². The van der Waals surface area contributed by atoms with Crippen molar-refractivity contribution in [2.45, 2.75) is 52.1 Å². The van der Waals surface area contributed by atoms with Gasteiger partial charge in [-0.25, -0.2) is 0 Å². The molecule has 0 spiro atoms. The highest BCUT2D eigenvalue weighted by Crippen LogP contribution is 2.40. The zero-order chi connectivity index (χ0) is 23.7. The molecule has 1 N–H and O–H groups in total. The second-order valence-corrected chi connectivity index (χ2v) is 9.40. The fourth-order valence-electron chi connectivity index (χ4n) is 4.47. The molecule has 0 saturated carbocycles. The molecule has 33 heavy (non-hydrogen) atoms. The average molecular weight is 462 g/mol. The van der Waals surface area contributed by atoms with Gasteiger partial charge < -0.3 is 10.1 Å². The maximum atomic E-state index is 14.0. The molecule has 170 valence electrons. The van der Waals surface area contributed by atoms with Crippen LogP contribution in [0.4, 0.5) is 5.69 Å². The maximum absolute atomic E-state index is 14.0. The van der Waals surface area contributed by atoms with E-state index in [1.165, 1.54) is 0 Å². The largest absolute Gasteiger partial charge is 0.489 e. The minimum Gasteiger partial charge on any atom is -0.489 e. The van der Waals surface area contributed by atoms with E-state index in [1.807, 2.05) is 30.3 Å². The van der Waals surface area contributed by atoms with Crippen molar-refractivity contribution in [1.29, 1.82) is 0 Å². The van der Waals surface area contributed by atoms with Crippen molar-refractivity contribution in [3.8, 4) is 5.75 Å². The average Bonchev–Trinajstić information content (AvgIpc) is 2.95. The number of carbonyl (C=O) groups is 2. The number of anilines is 1. The van der Waals surface area contributed by atoms with Crippen molar-refractivity contribution in [1.82, 2.24) is 0 Å². The Morgan fingerprint density at radius 2 is 1.58 bits per heavy atom. The van der Waals surface area contributed by atoms with E-state index in [9.17, 15) is 9.59 Å². The zero-order valence-electron chi connectivity index (χ0n) is 19.3. The molecule has 3 aromatic carbocycles. The third kappa shape index (κ3) is 4.53. The van der Waals surface area contributed by atoms with Crippen molar-refractivity contribution < 1.29 is 14.3 Å². The van der Waals surface area contributed by atoms with Crippen molar-refractivity contribution in [2.75, 3.05) is 5.32 Å². The predicted octanol–water partition coefficient (Wildman–Crippen LogP) is 6.98. The van der Waals surface area contributed by atoms with Crippen molar-refractivity contribution in [2.24, 2.45) is 0 Å². The Morgan fingerprint density at radius 3 is 2.21 bits per heavy atom. The Labute approximate surface area is 199 Å². The van der Waals surface area contributed by atoms with Gasteiger partial charge in [-0.3, -0.25) is 9.59 Å². The fourth-order valence-corrected chi connectivity index (χ4v) is 4.59. The minimum absolute atomic E-state index is 0.164. The van der Waals surface area contributed by atoms with Crippen LogP contribution >= 0.6 is 11.6 Å². The van der Waals surface area contributed by atoms with Crippen LogP contribution in [0.25, 0.3) is 0 Å². The highest BCUT2D eigenvalue weighted by Gasteiger charge is 2.32. The van der Waals surface area contributed by atoms with E-state index in [2.05, 4.69) is 45.1 Å². The molecule has 1 amide bonds. The number of benzene rings is 3. The van der Waals surface area contributed by atoms with E-state index >= 15 is 0 Å². The molecule has 0 fully saturated rings. The Bertz CT molecular complexity index is 1190. The van der Waals surface area contributed by atoms with Crippen LogP contribution in [-0.2, 0) is 11.4 Å². The smallest absolute Gasteiger partial charge is 0.252 e. The molecule has 0 radical (unpaired) electrons. The number of amides is 1. The molecular formula is C28H28ClNO3. The third-order valence-electron chi connectivity index (χ3n) is 6.18. The van der Waals surface area contributed by atoms with Gasteiger partial charge in [0.05, 0.1) is 5.92 Å². The molecule has 0 bridgehead atoms. The van der Waals surface area contributed by atoms with Crippen LogP contribution in [0.1, 0.15) is 83.6 Å². The van der Waals surface area contributed by atoms with Gasteiger partial charge in [0.25, 0.3) is 5.24 Å². The number of hydrogen-bond donors (Lipinski definition) is 1. The first-order valence-electron chi connectivity index (χ1n) is 11.3. The lowest BCUT2D eigenvalue weighted by Gasteiger charge is -2.24. The number of para-hydroxylation sites is 1. The summed E-state index contributed by atoms with van der Waals surface area (Å²) < 4.78 is 6.03. The molecule has 1 unspecified atom stereocenters. The number of carbonyl (C=O) groups excluding carboxylic acids is 2. The summed E-state index contributed by atoms with van der Waals surface area (Å²) in [6.45, 7) is 8.84. The summed E-state index contributed by atoms with van der Waals surface area (Å²) in [6.07, 6.45) is 0. The van der Waals surface area contributed by atoms with Crippen LogP contribution in [0, 0.1) is 0 Å². The first kappa shape index (κ1) is 23.1. The van der Waals surface area contributed by atoms with Gasteiger partial charge in [0.15, 0.2) is 0 Å². The molecule has 1 aliphatic heterocycles. The molecule has 0 aliphatic carbocycles. The summed E-state index contributed by atoms with van der Waals surface area (Å²) in [5.74, 6) is 0.264. The van der Waals surface area contributed by atoms with Gasteiger partial charge in [-0.2, -0.15) is 0 Å². The molecule has 1 atom stereocenters. The lowest BCUT2D eigenvalue weighted by atomic mass is 9.86. The highest BCUT2D eigenvalue weighted by molar-refractivity contribution is 6.67. The first-order chi connectivity index (χ1) is 15.8. The van der Waals surface area contributed by atoms with E-state index in [0.717, 1.165) is 27.9 Å². The van der Waals surface area contributed by atoms with E-state index in [-0.39, 0.29) is 17.7 Å². The molecular weight excluding hydrogens is 434 g/mol. The zero-order valence-corrected chi connectivity index (χ0v) is 20.1. The van der Waals surface area contributed by atoms with Gasteiger partial charge in [0, 0.05) is 16.8 Å². The summed E-state index contributed by atoms with van der Waals surface area (Å²) in [7, 11) is 0. The van der Waals surface area contributed by atoms with Crippen molar-refractivity contribution >= 4 is 28.4 Å². The summed E-state index contributed by atoms with van der Waals surface area (Å²) in [4.78, 5) is 25.9. The van der Waals surface area contributed by atoms with E-state index in [4.69, 9.17) is 16.3 Å². The van der Waals surface area contributed by atoms with Gasteiger partial charge in [0.1, 0.15) is 12.4 Å². The lowest BCUT2D eigenvalue weighted by Crippen LogP contribution is -2.24. The molecule has 0 aromatic heterocycles. The van der Waals surface area contributed by atoms with E-state index < -0.39 is 11.2 Å². The van der Waals surface area contributed by atoms with Gasteiger partial charge in [-0.1, -0.05) is 70.2 Å². The Kier molecular flexibility index (Phi) is 6.57. The van der Waals surface area contributed by atoms with E-state index in [0.29, 0.717) is 23.5 Å². The number of halogens is 1. The number of nitrogens with one attached hydrogen (secondary N) is 1. The van der Waals surface area contributed by atoms with Crippen LogP contribution in [0.15, 0.2) is 60.7 Å². The normalized spacial score (nSPS) is 14.8. The Morgan fingerprint density at radius 1 is 0.909 bits per heavy atom. The number of hydrogen-bond acceptors (Lipinski definition) is 3. The Balaban J connectivity index is 1.87. The van der Waals surface area contributed by atoms with Crippen LogP contribution in [-0.4, -0.2) is 11.1 Å². The number of rotatable bonds is 5. The molecule has 1 aliphatic rings. The van der Waals surface area contributed by atoms with Crippen molar-refractivity contribution in [3.63, 3.8) is 0 Å².